The topological polar surface area (TPSA) is 67.1 Å². The average Bonchev–Trinajstić information content (AvgIpc) is 2.86. The molecule has 0 aromatic carbocycles. The highest BCUT2D eigenvalue weighted by Gasteiger charge is 2.01. The van der Waals surface area contributed by atoms with Crippen molar-refractivity contribution in [1.29, 1.82) is 0 Å². The van der Waals surface area contributed by atoms with Crippen molar-refractivity contribution in [2.75, 3.05) is 19.6 Å². The van der Waals surface area contributed by atoms with Gasteiger partial charge in [0.05, 0.1) is 0 Å². The molecule has 1 aromatic rings. The fourth-order valence-electron chi connectivity index (χ4n) is 1.72. The zero-order valence-corrected chi connectivity index (χ0v) is 12.3. The third-order valence-electron chi connectivity index (χ3n) is 2.78. The summed E-state index contributed by atoms with van der Waals surface area (Å²) in [6, 6.07) is 0. The number of guanidine groups is 1. The van der Waals surface area contributed by atoms with Crippen LogP contribution in [0.1, 0.15) is 39.4 Å². The number of hydrogen-bond acceptors (Lipinski definition) is 3. The Hall–Kier alpha value is -1.59. The molecule has 0 aliphatic carbocycles. The summed E-state index contributed by atoms with van der Waals surface area (Å²) in [5, 5.41) is 14.6. The molecule has 0 saturated heterocycles. The first-order valence-electron chi connectivity index (χ1n) is 7.20. The van der Waals surface area contributed by atoms with Gasteiger partial charge in [0.1, 0.15) is 12.2 Å². The molecule has 0 fully saturated rings. The molecule has 6 nitrogen and oxygen atoms in total. The van der Waals surface area contributed by atoms with Gasteiger partial charge in [0.2, 0.25) is 0 Å². The Labute approximate surface area is 115 Å². The third-order valence-corrected chi connectivity index (χ3v) is 2.78. The molecule has 0 aliphatic heterocycles. The molecule has 0 amide bonds. The Morgan fingerprint density at radius 3 is 2.84 bits per heavy atom. The SMILES string of the molecule is CCCCN=C(NCC)NCCn1cnnc1CC. The fraction of sp³-hybridized carbons (Fsp3) is 0.769. The smallest absolute Gasteiger partial charge is 0.191 e. The number of unbranched alkanes of at least 4 members (excludes halogenated alkanes) is 1. The summed E-state index contributed by atoms with van der Waals surface area (Å²) in [4.78, 5) is 4.52. The molecule has 0 radical (unpaired) electrons. The predicted molar refractivity (Wildman–Crippen MR) is 78.3 cm³/mol. The molecule has 0 saturated carbocycles. The lowest BCUT2D eigenvalue weighted by atomic mass is 10.3. The van der Waals surface area contributed by atoms with Crippen molar-refractivity contribution in [3.05, 3.63) is 12.2 Å². The van der Waals surface area contributed by atoms with Gasteiger partial charge in [-0.05, 0) is 13.3 Å². The van der Waals surface area contributed by atoms with Crippen LogP contribution in [0.3, 0.4) is 0 Å². The van der Waals surface area contributed by atoms with E-state index in [1.165, 1.54) is 6.42 Å². The first-order chi connectivity index (χ1) is 9.31. The van der Waals surface area contributed by atoms with E-state index in [1.54, 1.807) is 6.33 Å². The fourth-order valence-corrected chi connectivity index (χ4v) is 1.72. The monoisotopic (exact) mass is 266 g/mol. The molecule has 2 N–H and O–H groups in total. The number of nitrogens with zero attached hydrogens (tertiary/aromatic N) is 4. The number of aromatic nitrogens is 3. The second kappa shape index (κ2) is 9.35. The van der Waals surface area contributed by atoms with Crippen molar-refractivity contribution in [3.8, 4) is 0 Å². The van der Waals surface area contributed by atoms with Crippen LogP contribution < -0.4 is 10.6 Å². The number of aryl methyl sites for hydroxylation is 1. The summed E-state index contributed by atoms with van der Waals surface area (Å²) in [6.07, 6.45) is 4.98. The first kappa shape index (κ1) is 15.5. The van der Waals surface area contributed by atoms with E-state index in [1.807, 2.05) is 0 Å². The molecular weight excluding hydrogens is 240 g/mol. The van der Waals surface area contributed by atoms with E-state index >= 15 is 0 Å². The lowest BCUT2D eigenvalue weighted by molar-refractivity contribution is 0.632. The summed E-state index contributed by atoms with van der Waals surface area (Å²) in [6.45, 7) is 9.77. The van der Waals surface area contributed by atoms with Crippen molar-refractivity contribution >= 4 is 5.96 Å². The van der Waals surface area contributed by atoms with Gasteiger partial charge < -0.3 is 15.2 Å². The second-order valence-electron chi connectivity index (χ2n) is 4.34. The zero-order valence-electron chi connectivity index (χ0n) is 12.3. The Kier molecular flexibility index (Phi) is 7.62. The molecule has 0 aliphatic rings. The Morgan fingerprint density at radius 2 is 2.16 bits per heavy atom. The lowest BCUT2D eigenvalue weighted by Crippen LogP contribution is -2.39. The van der Waals surface area contributed by atoms with Crippen molar-refractivity contribution in [2.24, 2.45) is 4.99 Å². The van der Waals surface area contributed by atoms with Crippen molar-refractivity contribution in [2.45, 2.75) is 46.6 Å². The molecular formula is C13H26N6. The molecule has 108 valence electrons. The zero-order chi connectivity index (χ0) is 13.9. The molecule has 1 rings (SSSR count). The summed E-state index contributed by atoms with van der Waals surface area (Å²) in [7, 11) is 0. The summed E-state index contributed by atoms with van der Waals surface area (Å²) in [5.41, 5.74) is 0. The summed E-state index contributed by atoms with van der Waals surface area (Å²) < 4.78 is 2.07. The van der Waals surface area contributed by atoms with E-state index in [0.29, 0.717) is 0 Å². The standard InChI is InChI=1S/C13H26N6/c1-4-7-8-15-13(14-6-3)16-9-10-19-11-17-18-12(19)5-2/h11H,4-10H2,1-3H3,(H2,14,15,16). The molecule has 19 heavy (non-hydrogen) atoms. The molecule has 0 unspecified atom stereocenters. The molecule has 0 bridgehead atoms. The minimum absolute atomic E-state index is 0.822. The van der Waals surface area contributed by atoms with Crippen LogP contribution in [0, 0.1) is 0 Å². The van der Waals surface area contributed by atoms with Crippen LogP contribution in [-0.2, 0) is 13.0 Å². The van der Waals surface area contributed by atoms with Crippen LogP contribution in [0.5, 0.6) is 0 Å². The van der Waals surface area contributed by atoms with Crippen LogP contribution >= 0.6 is 0 Å². The van der Waals surface area contributed by atoms with E-state index in [4.69, 9.17) is 0 Å². The molecule has 1 aromatic heterocycles. The van der Waals surface area contributed by atoms with Gasteiger partial charge in [-0.2, -0.15) is 0 Å². The van der Waals surface area contributed by atoms with E-state index in [2.05, 4.69) is 51.2 Å². The Morgan fingerprint density at radius 1 is 1.32 bits per heavy atom. The number of rotatable bonds is 8. The van der Waals surface area contributed by atoms with Crippen LogP contribution in [0.25, 0.3) is 0 Å². The van der Waals surface area contributed by atoms with Crippen LogP contribution in [-0.4, -0.2) is 40.4 Å². The summed E-state index contributed by atoms with van der Waals surface area (Å²) in [5.74, 6) is 1.91. The normalized spacial score (nSPS) is 11.6. The van der Waals surface area contributed by atoms with E-state index in [9.17, 15) is 0 Å². The maximum Gasteiger partial charge on any atom is 0.191 e. The van der Waals surface area contributed by atoms with Crippen LogP contribution in [0.15, 0.2) is 11.3 Å². The molecule has 1 heterocycles. The highest BCUT2D eigenvalue weighted by Crippen LogP contribution is 1.94. The van der Waals surface area contributed by atoms with Gasteiger partial charge in [0.15, 0.2) is 5.96 Å². The van der Waals surface area contributed by atoms with Gasteiger partial charge in [0.25, 0.3) is 0 Å². The van der Waals surface area contributed by atoms with Gasteiger partial charge in [-0.15, -0.1) is 10.2 Å². The highest BCUT2D eigenvalue weighted by atomic mass is 15.3. The second-order valence-corrected chi connectivity index (χ2v) is 4.34. The van der Waals surface area contributed by atoms with Gasteiger partial charge >= 0.3 is 0 Å². The molecule has 6 heteroatoms. The third kappa shape index (κ3) is 5.72. The van der Waals surface area contributed by atoms with Crippen LogP contribution in [0.2, 0.25) is 0 Å². The largest absolute Gasteiger partial charge is 0.357 e. The van der Waals surface area contributed by atoms with Gasteiger partial charge in [-0.25, -0.2) is 0 Å². The Bertz CT molecular complexity index is 371. The van der Waals surface area contributed by atoms with Gasteiger partial charge in [-0.1, -0.05) is 20.3 Å². The van der Waals surface area contributed by atoms with Crippen molar-refractivity contribution in [1.82, 2.24) is 25.4 Å². The number of aliphatic imine (C=N–C) groups is 1. The van der Waals surface area contributed by atoms with E-state index < -0.39 is 0 Å². The minimum atomic E-state index is 0.822. The van der Waals surface area contributed by atoms with E-state index in [-0.39, 0.29) is 0 Å². The maximum atomic E-state index is 4.52. The maximum absolute atomic E-state index is 4.52. The number of nitrogens with one attached hydrogen (secondary N) is 2. The van der Waals surface area contributed by atoms with Crippen LogP contribution in [0.4, 0.5) is 0 Å². The lowest BCUT2D eigenvalue weighted by Gasteiger charge is -2.12. The first-order valence-corrected chi connectivity index (χ1v) is 7.20. The van der Waals surface area contributed by atoms with Crippen molar-refractivity contribution in [3.63, 3.8) is 0 Å². The van der Waals surface area contributed by atoms with Gasteiger partial charge in [0, 0.05) is 32.6 Å². The van der Waals surface area contributed by atoms with Crippen molar-refractivity contribution < 1.29 is 0 Å². The predicted octanol–water partition coefficient (Wildman–Crippen LogP) is 1.20. The summed E-state index contributed by atoms with van der Waals surface area (Å²) >= 11 is 0. The highest BCUT2D eigenvalue weighted by molar-refractivity contribution is 5.79. The Balaban J connectivity index is 2.37. The molecule has 0 atom stereocenters. The number of hydrogen-bond donors (Lipinski definition) is 2. The average molecular weight is 266 g/mol. The quantitative estimate of drug-likeness (QED) is 0.421. The molecule has 0 spiro atoms. The minimum Gasteiger partial charge on any atom is -0.357 e. The van der Waals surface area contributed by atoms with Gasteiger partial charge in [-0.3, -0.25) is 4.99 Å². The van der Waals surface area contributed by atoms with E-state index in [0.717, 1.165) is 50.8 Å².